The fraction of sp³-hybridized carbons (Fsp3) is 0.571. The third-order valence-electron chi connectivity index (χ3n) is 6.45. The van der Waals surface area contributed by atoms with Crippen LogP contribution in [0, 0.1) is 0 Å². The molecule has 0 radical (unpaired) electrons. The lowest BCUT2D eigenvalue weighted by molar-refractivity contribution is 0.0508. The summed E-state index contributed by atoms with van der Waals surface area (Å²) in [6.07, 6.45) is 0. The molecule has 2 saturated heterocycles. The lowest BCUT2D eigenvalue weighted by atomic mass is 10.0. The van der Waals surface area contributed by atoms with E-state index >= 15 is 0 Å². The molecule has 0 spiro atoms. The first-order valence-corrected chi connectivity index (χ1v) is 13.7. The van der Waals surface area contributed by atoms with Crippen LogP contribution in [-0.2, 0) is 18.9 Å². The minimum atomic E-state index is 0.643. The van der Waals surface area contributed by atoms with Crippen LogP contribution in [0.5, 0.6) is 0 Å². The summed E-state index contributed by atoms with van der Waals surface area (Å²) in [6, 6.07) is 17.5. The smallest absolute Gasteiger partial charge is 0.0701 e. The molecule has 0 aromatic heterocycles. The Bertz CT molecular complexity index is 784. The van der Waals surface area contributed by atoms with Crippen molar-refractivity contribution in [1.82, 2.24) is 21.3 Å². The summed E-state index contributed by atoms with van der Waals surface area (Å²) in [4.78, 5) is 4.58. The molecule has 10 heteroatoms. The van der Waals surface area contributed by atoms with E-state index < -0.39 is 0 Å². The summed E-state index contributed by atoms with van der Waals surface area (Å²) in [5.41, 5.74) is 4.73. The highest BCUT2D eigenvalue weighted by molar-refractivity contribution is 5.68. The van der Waals surface area contributed by atoms with E-state index in [4.69, 9.17) is 18.9 Å². The molecule has 2 aromatic rings. The van der Waals surface area contributed by atoms with Crippen LogP contribution in [-0.4, -0.2) is 106 Å². The first kappa shape index (κ1) is 28.7. The van der Waals surface area contributed by atoms with Crippen LogP contribution in [0.15, 0.2) is 48.5 Å². The summed E-state index contributed by atoms with van der Waals surface area (Å²) in [6.45, 7) is 11.6. The van der Waals surface area contributed by atoms with Crippen molar-refractivity contribution in [3.8, 4) is 11.1 Å². The Morgan fingerprint density at radius 1 is 0.395 bits per heavy atom. The highest BCUT2D eigenvalue weighted by Crippen LogP contribution is 2.25. The van der Waals surface area contributed by atoms with Crippen molar-refractivity contribution in [3.63, 3.8) is 0 Å². The molecule has 2 aromatic carbocycles. The van der Waals surface area contributed by atoms with Crippen LogP contribution in [0.2, 0.25) is 0 Å². The van der Waals surface area contributed by atoms with Crippen LogP contribution in [0.4, 0.5) is 11.4 Å². The summed E-state index contributed by atoms with van der Waals surface area (Å²) in [7, 11) is 0. The number of nitrogens with one attached hydrogen (secondary N) is 4. The van der Waals surface area contributed by atoms with E-state index in [9.17, 15) is 0 Å². The molecule has 0 saturated carbocycles. The van der Waals surface area contributed by atoms with Gasteiger partial charge in [-0.05, 0) is 35.4 Å². The predicted molar refractivity (Wildman–Crippen MR) is 152 cm³/mol. The molecule has 0 unspecified atom stereocenters. The van der Waals surface area contributed by atoms with E-state index in [2.05, 4.69) is 79.6 Å². The van der Waals surface area contributed by atoms with Gasteiger partial charge in [0.1, 0.15) is 0 Å². The Morgan fingerprint density at radius 2 is 0.684 bits per heavy atom. The highest BCUT2D eigenvalue weighted by Gasteiger charge is 2.10. The minimum absolute atomic E-state index is 0.643. The van der Waals surface area contributed by atoms with Gasteiger partial charge >= 0.3 is 0 Å². The molecule has 2 fully saturated rings. The van der Waals surface area contributed by atoms with E-state index in [0.29, 0.717) is 52.9 Å². The average Bonchev–Trinajstić information content (AvgIpc) is 3.00. The van der Waals surface area contributed by atoms with Crippen LogP contribution in [0.3, 0.4) is 0 Å². The molecule has 0 aliphatic carbocycles. The van der Waals surface area contributed by atoms with E-state index in [1.165, 1.54) is 22.5 Å². The lowest BCUT2D eigenvalue weighted by Crippen LogP contribution is -2.42. The van der Waals surface area contributed by atoms with Crippen molar-refractivity contribution < 1.29 is 18.9 Å². The predicted octanol–water partition coefficient (Wildman–Crippen LogP) is 1.25. The number of anilines is 2. The van der Waals surface area contributed by atoms with Gasteiger partial charge < -0.3 is 28.7 Å². The molecular formula is C28H44N6O4. The SMILES string of the molecule is c1cc(N2CNCCOCCOCCNC2)ccc1-c1ccc(N2CNCCOCCOCCNC2)cc1. The summed E-state index contributed by atoms with van der Waals surface area (Å²) in [5, 5.41) is 13.9. The third kappa shape index (κ3) is 10.1. The highest BCUT2D eigenvalue weighted by atomic mass is 16.5. The minimum Gasteiger partial charge on any atom is -0.378 e. The van der Waals surface area contributed by atoms with Gasteiger partial charge in [0.25, 0.3) is 0 Å². The maximum absolute atomic E-state index is 5.59. The van der Waals surface area contributed by atoms with Crippen LogP contribution in [0.1, 0.15) is 0 Å². The molecule has 10 nitrogen and oxygen atoms in total. The second-order valence-corrected chi connectivity index (χ2v) is 9.26. The summed E-state index contributed by atoms with van der Waals surface area (Å²) >= 11 is 0. The topological polar surface area (TPSA) is 91.5 Å². The number of rotatable bonds is 3. The van der Waals surface area contributed by atoms with E-state index in [-0.39, 0.29) is 0 Å². The Hall–Kier alpha value is -2.28. The maximum atomic E-state index is 5.59. The average molecular weight is 529 g/mol. The van der Waals surface area contributed by atoms with Gasteiger partial charge in [-0.3, -0.25) is 21.3 Å². The normalized spacial score (nSPS) is 20.6. The zero-order valence-corrected chi connectivity index (χ0v) is 22.5. The largest absolute Gasteiger partial charge is 0.378 e. The van der Waals surface area contributed by atoms with Gasteiger partial charge in [0.2, 0.25) is 0 Å². The molecular weight excluding hydrogens is 484 g/mol. The number of hydrogen-bond acceptors (Lipinski definition) is 10. The quantitative estimate of drug-likeness (QED) is 0.467. The maximum Gasteiger partial charge on any atom is 0.0701 e. The second kappa shape index (κ2) is 17.3. The number of benzene rings is 2. The Morgan fingerprint density at radius 3 is 0.974 bits per heavy atom. The van der Waals surface area contributed by atoms with E-state index in [0.717, 1.165) is 52.9 Å². The molecule has 2 aliphatic rings. The molecule has 210 valence electrons. The molecule has 0 amide bonds. The van der Waals surface area contributed by atoms with Crippen LogP contribution in [0.25, 0.3) is 11.1 Å². The van der Waals surface area contributed by atoms with Gasteiger partial charge in [-0.2, -0.15) is 0 Å². The molecule has 38 heavy (non-hydrogen) atoms. The van der Waals surface area contributed by atoms with Gasteiger partial charge in [-0.15, -0.1) is 0 Å². The Labute approximate surface area is 226 Å². The zero-order valence-electron chi connectivity index (χ0n) is 22.5. The molecule has 0 bridgehead atoms. The second-order valence-electron chi connectivity index (χ2n) is 9.26. The van der Waals surface area contributed by atoms with Gasteiger partial charge in [0.05, 0.1) is 79.5 Å². The standard InChI is InChI=1S/C28H44N6O4/c1-5-27(33-21-29-9-13-35-17-18-36-14-10-30-22-33)6-2-25(1)26-3-7-28(8-4-26)34-23-31-11-15-37-19-20-38-16-12-32-24-34/h1-8,29-32H,9-24H2. The fourth-order valence-corrected chi connectivity index (χ4v) is 4.28. The molecule has 0 atom stereocenters. The molecule has 4 rings (SSSR count). The van der Waals surface area contributed by atoms with Gasteiger partial charge in [0.15, 0.2) is 0 Å². The first-order valence-electron chi connectivity index (χ1n) is 13.7. The summed E-state index contributed by atoms with van der Waals surface area (Å²) < 4.78 is 22.4. The van der Waals surface area contributed by atoms with Crippen molar-refractivity contribution in [2.24, 2.45) is 0 Å². The van der Waals surface area contributed by atoms with Crippen molar-refractivity contribution in [2.75, 3.05) is 116 Å². The van der Waals surface area contributed by atoms with Crippen LogP contribution >= 0.6 is 0 Å². The first-order chi connectivity index (χ1) is 18.9. The molecule has 2 heterocycles. The summed E-state index contributed by atoms with van der Waals surface area (Å²) in [5.74, 6) is 0. The molecule has 2 aliphatic heterocycles. The lowest BCUT2D eigenvalue weighted by Gasteiger charge is -2.26. The van der Waals surface area contributed by atoms with Crippen molar-refractivity contribution in [3.05, 3.63) is 48.5 Å². The number of ether oxygens (including phenoxy) is 4. The number of nitrogens with zero attached hydrogens (tertiary/aromatic N) is 2. The third-order valence-corrected chi connectivity index (χ3v) is 6.45. The van der Waals surface area contributed by atoms with Crippen molar-refractivity contribution >= 4 is 11.4 Å². The van der Waals surface area contributed by atoms with Crippen LogP contribution < -0.4 is 31.1 Å². The van der Waals surface area contributed by atoms with Gasteiger partial charge in [-0.1, -0.05) is 24.3 Å². The van der Waals surface area contributed by atoms with E-state index in [1.54, 1.807) is 0 Å². The van der Waals surface area contributed by atoms with Gasteiger partial charge in [-0.25, -0.2) is 0 Å². The number of hydrogen-bond donors (Lipinski definition) is 4. The zero-order chi connectivity index (χ0) is 26.1. The Balaban J connectivity index is 1.35. The van der Waals surface area contributed by atoms with Gasteiger partial charge in [0, 0.05) is 37.6 Å². The van der Waals surface area contributed by atoms with Crippen molar-refractivity contribution in [1.29, 1.82) is 0 Å². The monoisotopic (exact) mass is 528 g/mol. The Kier molecular flexibility index (Phi) is 13.1. The van der Waals surface area contributed by atoms with Crippen molar-refractivity contribution in [2.45, 2.75) is 0 Å². The van der Waals surface area contributed by atoms with E-state index in [1.807, 2.05) is 0 Å². The fourth-order valence-electron chi connectivity index (χ4n) is 4.28. The molecule has 4 N–H and O–H groups in total.